The van der Waals surface area contributed by atoms with Crippen molar-refractivity contribution in [3.05, 3.63) is 61.0 Å². The fraction of sp³-hybridized carbons (Fsp3) is 0. The summed E-state index contributed by atoms with van der Waals surface area (Å²) < 4.78 is 1.47. The van der Waals surface area contributed by atoms with E-state index in [0.717, 1.165) is 10.7 Å². The molecule has 0 aliphatic rings. The fourth-order valence-electron chi connectivity index (χ4n) is 1.53. The Labute approximate surface area is 119 Å². The van der Waals surface area contributed by atoms with Gasteiger partial charge in [-0.3, -0.25) is 14.9 Å². The first-order valence-corrected chi connectivity index (χ1v) is 5.97. The second-order valence-electron chi connectivity index (χ2n) is 3.67. The first-order valence-electron chi connectivity index (χ1n) is 5.18. The van der Waals surface area contributed by atoms with Crippen LogP contribution in [0.1, 0.15) is 10.5 Å². The maximum atomic E-state index is 11.3. The van der Waals surface area contributed by atoms with Gasteiger partial charge in [-0.25, -0.2) is 9.48 Å². The van der Waals surface area contributed by atoms with Crippen LogP contribution in [0.2, 0.25) is 0 Å². The van der Waals surface area contributed by atoms with E-state index in [-0.39, 0.29) is 11.4 Å². The molecule has 0 atom stereocenters. The second kappa shape index (κ2) is 5.21. The summed E-state index contributed by atoms with van der Waals surface area (Å²) in [6, 6.07) is 5.19. The molecule has 8 nitrogen and oxygen atoms in total. The Balaban J connectivity index is 2.69. The van der Waals surface area contributed by atoms with Crippen molar-refractivity contribution in [3.63, 3.8) is 0 Å². The number of carbonyl (C=O) groups is 1. The molecule has 1 heterocycles. The van der Waals surface area contributed by atoms with Crippen LogP contribution in [0.15, 0.2) is 39.7 Å². The molecule has 0 spiro atoms. The lowest BCUT2D eigenvalue weighted by Gasteiger charge is -2.06. The van der Waals surface area contributed by atoms with Crippen molar-refractivity contribution in [1.82, 2.24) is 9.78 Å². The molecule has 0 amide bonds. The molecule has 2 rings (SSSR count). The number of hydrogen-bond acceptors (Lipinski definition) is 5. The molecule has 0 aliphatic heterocycles. The summed E-state index contributed by atoms with van der Waals surface area (Å²) in [5, 5.41) is 23.4. The zero-order valence-corrected chi connectivity index (χ0v) is 11.3. The lowest BCUT2D eigenvalue weighted by molar-refractivity contribution is -0.384. The van der Waals surface area contributed by atoms with E-state index in [2.05, 4.69) is 21.0 Å². The van der Waals surface area contributed by atoms with Crippen molar-refractivity contribution in [1.29, 1.82) is 0 Å². The van der Waals surface area contributed by atoms with E-state index < -0.39 is 22.0 Å². The van der Waals surface area contributed by atoms with Gasteiger partial charge in [-0.1, -0.05) is 15.9 Å². The largest absolute Gasteiger partial charge is 0.476 e. The third-order valence-electron chi connectivity index (χ3n) is 2.39. The second-order valence-corrected chi connectivity index (χ2v) is 4.58. The smallest absolute Gasteiger partial charge is 0.360 e. The number of nitro groups is 1. The predicted molar refractivity (Wildman–Crippen MR) is 71.1 cm³/mol. The number of carboxylic acids is 1. The van der Waals surface area contributed by atoms with Gasteiger partial charge in [0.05, 0.1) is 4.92 Å². The van der Waals surface area contributed by atoms with Gasteiger partial charge in [0.2, 0.25) is 11.1 Å². The standard InChI is InChI=1S/C11H6BrN3O5/c12-6-1-2-7(8(5-6)15(19)20)14-4-3-9(16)10(13-14)11(17)18/h1-5H,(H,17,18). The number of carboxylic acid groups (broad SMARTS) is 1. The number of aromatic nitrogens is 2. The lowest BCUT2D eigenvalue weighted by Crippen LogP contribution is -2.20. The van der Waals surface area contributed by atoms with Crippen molar-refractivity contribution in [3.8, 4) is 5.69 Å². The number of benzene rings is 1. The fourth-order valence-corrected chi connectivity index (χ4v) is 1.88. The van der Waals surface area contributed by atoms with Gasteiger partial charge in [0.25, 0.3) is 5.69 Å². The van der Waals surface area contributed by atoms with Crippen LogP contribution in [0.25, 0.3) is 5.69 Å². The van der Waals surface area contributed by atoms with E-state index in [1.54, 1.807) is 6.07 Å². The van der Waals surface area contributed by atoms with E-state index in [1.165, 1.54) is 18.3 Å². The topological polar surface area (TPSA) is 115 Å². The zero-order chi connectivity index (χ0) is 14.9. The molecule has 0 radical (unpaired) electrons. The van der Waals surface area contributed by atoms with E-state index in [4.69, 9.17) is 5.11 Å². The molecule has 0 fully saturated rings. The molecule has 0 bridgehead atoms. The highest BCUT2D eigenvalue weighted by atomic mass is 79.9. The summed E-state index contributed by atoms with van der Waals surface area (Å²) in [6.45, 7) is 0. The summed E-state index contributed by atoms with van der Waals surface area (Å²) in [4.78, 5) is 32.6. The monoisotopic (exact) mass is 339 g/mol. The Bertz CT molecular complexity index is 771. The summed E-state index contributed by atoms with van der Waals surface area (Å²) in [5.74, 6) is -1.50. The minimum absolute atomic E-state index is 0.0562. The van der Waals surface area contributed by atoms with Gasteiger partial charge >= 0.3 is 5.97 Å². The molecule has 0 saturated heterocycles. The van der Waals surface area contributed by atoms with Crippen molar-refractivity contribution >= 4 is 27.6 Å². The zero-order valence-electron chi connectivity index (χ0n) is 9.69. The molecule has 0 aliphatic carbocycles. The first-order chi connectivity index (χ1) is 9.40. The average molecular weight is 340 g/mol. The van der Waals surface area contributed by atoms with E-state index in [1.807, 2.05) is 0 Å². The van der Waals surface area contributed by atoms with Gasteiger partial charge < -0.3 is 5.11 Å². The summed E-state index contributed by atoms with van der Waals surface area (Å²) in [7, 11) is 0. The van der Waals surface area contributed by atoms with Gasteiger partial charge in [0.1, 0.15) is 5.69 Å². The summed E-state index contributed by atoms with van der Waals surface area (Å²) >= 11 is 3.11. The molecule has 2 aromatic rings. The Kier molecular flexibility index (Phi) is 3.61. The third kappa shape index (κ3) is 2.57. The van der Waals surface area contributed by atoms with Crippen LogP contribution in [0, 0.1) is 10.1 Å². The van der Waals surface area contributed by atoms with E-state index in [9.17, 15) is 19.7 Å². The lowest BCUT2D eigenvalue weighted by atomic mass is 10.2. The maximum absolute atomic E-state index is 11.3. The maximum Gasteiger partial charge on any atom is 0.360 e. The number of rotatable bonds is 3. The summed E-state index contributed by atoms with van der Waals surface area (Å²) in [5.41, 5.74) is -1.69. The third-order valence-corrected chi connectivity index (χ3v) is 2.89. The van der Waals surface area contributed by atoms with Gasteiger partial charge in [-0.15, -0.1) is 0 Å². The average Bonchev–Trinajstić information content (AvgIpc) is 2.39. The molecular formula is C11H6BrN3O5. The number of aromatic carboxylic acids is 1. The molecule has 20 heavy (non-hydrogen) atoms. The van der Waals surface area contributed by atoms with Gasteiger partial charge in [-0.2, -0.15) is 5.10 Å². The van der Waals surface area contributed by atoms with Crippen LogP contribution >= 0.6 is 15.9 Å². The van der Waals surface area contributed by atoms with Crippen LogP contribution < -0.4 is 5.43 Å². The van der Waals surface area contributed by atoms with Gasteiger partial charge in [-0.05, 0) is 12.1 Å². The highest BCUT2D eigenvalue weighted by Gasteiger charge is 2.18. The van der Waals surface area contributed by atoms with Gasteiger partial charge in [0.15, 0.2) is 0 Å². The molecular weight excluding hydrogens is 334 g/mol. The van der Waals surface area contributed by atoms with Crippen LogP contribution in [-0.4, -0.2) is 25.8 Å². The predicted octanol–water partition coefficient (Wildman–Crippen LogP) is 1.60. The van der Waals surface area contributed by atoms with Gasteiger partial charge in [0, 0.05) is 22.8 Å². The molecule has 9 heteroatoms. The Hall–Kier alpha value is -2.55. The van der Waals surface area contributed by atoms with Crippen molar-refractivity contribution in [2.45, 2.75) is 0 Å². The van der Waals surface area contributed by atoms with Crippen molar-refractivity contribution in [2.24, 2.45) is 0 Å². The van der Waals surface area contributed by atoms with E-state index in [0.29, 0.717) is 4.47 Å². The number of nitrogens with zero attached hydrogens (tertiary/aromatic N) is 3. The Morgan fingerprint density at radius 1 is 1.40 bits per heavy atom. The van der Waals surface area contributed by atoms with Crippen LogP contribution in [0.4, 0.5) is 5.69 Å². The minimum Gasteiger partial charge on any atom is -0.476 e. The Morgan fingerprint density at radius 3 is 2.70 bits per heavy atom. The molecule has 1 aromatic carbocycles. The minimum atomic E-state index is -1.50. The van der Waals surface area contributed by atoms with Crippen LogP contribution in [0.5, 0.6) is 0 Å². The molecule has 1 N–H and O–H groups in total. The molecule has 0 unspecified atom stereocenters. The Morgan fingerprint density at radius 2 is 2.10 bits per heavy atom. The number of nitro benzene ring substituents is 1. The molecule has 1 aromatic heterocycles. The first kappa shape index (κ1) is 13.9. The van der Waals surface area contributed by atoms with E-state index >= 15 is 0 Å². The highest BCUT2D eigenvalue weighted by Crippen LogP contribution is 2.25. The molecule has 0 saturated carbocycles. The normalized spacial score (nSPS) is 10.2. The summed E-state index contributed by atoms with van der Waals surface area (Å²) in [6.07, 6.45) is 1.17. The molecule has 102 valence electrons. The van der Waals surface area contributed by atoms with Crippen LogP contribution in [-0.2, 0) is 0 Å². The highest BCUT2D eigenvalue weighted by molar-refractivity contribution is 9.10. The SMILES string of the molecule is O=C(O)c1nn(-c2ccc(Br)cc2[N+](=O)[O-])ccc1=O. The van der Waals surface area contributed by atoms with Crippen molar-refractivity contribution < 1.29 is 14.8 Å². The number of halogens is 1. The van der Waals surface area contributed by atoms with Crippen molar-refractivity contribution in [2.75, 3.05) is 0 Å². The van der Waals surface area contributed by atoms with Crippen LogP contribution in [0.3, 0.4) is 0 Å². The number of hydrogen-bond donors (Lipinski definition) is 1. The quantitative estimate of drug-likeness (QED) is 0.670.